The van der Waals surface area contributed by atoms with E-state index in [1.807, 2.05) is 24.3 Å². The van der Waals surface area contributed by atoms with Crippen molar-refractivity contribution >= 4 is 17.5 Å². The second-order valence-corrected chi connectivity index (χ2v) is 4.67. The molecule has 1 aromatic rings. The van der Waals surface area contributed by atoms with E-state index in [1.54, 1.807) is 19.0 Å². The number of halogens is 1. The molecule has 1 saturated carbocycles. The van der Waals surface area contributed by atoms with Gasteiger partial charge in [-0.05, 0) is 24.5 Å². The Morgan fingerprint density at radius 2 is 1.93 bits per heavy atom. The van der Waals surface area contributed by atoms with Crippen molar-refractivity contribution in [1.29, 1.82) is 0 Å². The summed E-state index contributed by atoms with van der Waals surface area (Å²) in [5.41, 5.74) is 0.646. The van der Waals surface area contributed by atoms with E-state index in [-0.39, 0.29) is 11.3 Å². The first-order valence-electron chi connectivity index (χ1n) is 5.05. The zero-order valence-electron chi connectivity index (χ0n) is 8.96. The molecule has 0 radical (unpaired) electrons. The van der Waals surface area contributed by atoms with E-state index in [9.17, 15) is 4.79 Å². The molecule has 1 amide bonds. The summed E-state index contributed by atoms with van der Waals surface area (Å²) in [6.07, 6.45) is 1.82. The van der Waals surface area contributed by atoms with Crippen molar-refractivity contribution < 1.29 is 4.79 Å². The molecule has 1 aliphatic carbocycles. The molecule has 1 aromatic carbocycles. The molecule has 0 atom stereocenters. The number of hydrogen-bond donors (Lipinski definition) is 0. The Morgan fingerprint density at radius 3 is 2.40 bits per heavy atom. The fraction of sp³-hybridized carbons (Fsp3) is 0.417. The lowest BCUT2D eigenvalue weighted by Crippen LogP contribution is -2.33. The zero-order valence-corrected chi connectivity index (χ0v) is 9.71. The Hall–Kier alpha value is -1.02. The van der Waals surface area contributed by atoms with Crippen LogP contribution in [0.2, 0.25) is 5.02 Å². The minimum atomic E-state index is -0.332. The van der Waals surface area contributed by atoms with Crippen LogP contribution in [0.1, 0.15) is 18.4 Å². The van der Waals surface area contributed by atoms with Crippen molar-refractivity contribution in [2.24, 2.45) is 0 Å². The Balaban J connectivity index is 2.39. The number of likely N-dealkylation sites (N-methyl/N-ethyl adjacent to an activating group) is 1. The van der Waals surface area contributed by atoms with E-state index in [2.05, 4.69) is 0 Å². The van der Waals surface area contributed by atoms with Crippen molar-refractivity contribution in [3.63, 3.8) is 0 Å². The third kappa shape index (κ3) is 1.63. The number of hydrogen-bond acceptors (Lipinski definition) is 1. The summed E-state index contributed by atoms with van der Waals surface area (Å²) in [4.78, 5) is 13.7. The molecule has 3 heteroatoms. The standard InChI is InChI=1S/C12H14ClNO/c1-14(2)11(15)12(7-8-12)9-5-3-4-6-10(9)13/h3-6H,7-8H2,1-2H3. The summed E-state index contributed by atoms with van der Waals surface area (Å²) in [5.74, 6) is 0.163. The molecule has 0 heterocycles. The van der Waals surface area contributed by atoms with Crippen LogP contribution in [-0.2, 0) is 10.2 Å². The number of benzene rings is 1. The van der Waals surface area contributed by atoms with Gasteiger partial charge in [0.25, 0.3) is 0 Å². The van der Waals surface area contributed by atoms with Gasteiger partial charge in [-0.15, -0.1) is 0 Å². The zero-order chi connectivity index (χ0) is 11.1. The topological polar surface area (TPSA) is 20.3 Å². The molecular formula is C12H14ClNO. The van der Waals surface area contributed by atoms with Crippen molar-refractivity contribution in [2.75, 3.05) is 14.1 Å². The summed E-state index contributed by atoms with van der Waals surface area (Å²) >= 11 is 6.13. The molecule has 0 unspecified atom stereocenters. The van der Waals surface area contributed by atoms with E-state index >= 15 is 0 Å². The first-order valence-corrected chi connectivity index (χ1v) is 5.42. The summed E-state index contributed by atoms with van der Waals surface area (Å²) in [6.45, 7) is 0. The first-order chi connectivity index (χ1) is 7.08. The Morgan fingerprint density at radius 1 is 1.33 bits per heavy atom. The maximum atomic E-state index is 12.0. The highest BCUT2D eigenvalue weighted by Gasteiger charge is 2.52. The predicted molar refractivity (Wildman–Crippen MR) is 61.1 cm³/mol. The highest BCUT2D eigenvalue weighted by Crippen LogP contribution is 2.51. The molecule has 2 nitrogen and oxygen atoms in total. The molecular weight excluding hydrogens is 210 g/mol. The maximum Gasteiger partial charge on any atom is 0.232 e. The Kier molecular flexibility index (Phi) is 2.47. The van der Waals surface area contributed by atoms with E-state index in [4.69, 9.17) is 11.6 Å². The van der Waals surface area contributed by atoms with Crippen LogP contribution in [0.15, 0.2) is 24.3 Å². The summed E-state index contributed by atoms with van der Waals surface area (Å²) in [7, 11) is 3.58. The molecule has 1 fully saturated rings. The first kappa shape index (κ1) is 10.5. The fourth-order valence-electron chi connectivity index (χ4n) is 2.00. The molecule has 0 aromatic heterocycles. The molecule has 0 bridgehead atoms. The average molecular weight is 224 g/mol. The molecule has 0 aliphatic heterocycles. The van der Waals surface area contributed by atoms with Gasteiger partial charge < -0.3 is 4.90 Å². The van der Waals surface area contributed by atoms with Gasteiger partial charge in [-0.25, -0.2) is 0 Å². The van der Waals surface area contributed by atoms with E-state index in [0.717, 1.165) is 18.4 Å². The molecule has 0 saturated heterocycles. The van der Waals surface area contributed by atoms with Crippen LogP contribution in [0.4, 0.5) is 0 Å². The number of rotatable bonds is 2. The third-order valence-corrected chi connectivity index (χ3v) is 3.28. The van der Waals surface area contributed by atoms with Gasteiger partial charge >= 0.3 is 0 Å². The SMILES string of the molecule is CN(C)C(=O)C1(c2ccccc2Cl)CC1. The van der Waals surface area contributed by atoms with Gasteiger partial charge in [-0.2, -0.15) is 0 Å². The second kappa shape index (κ2) is 3.53. The monoisotopic (exact) mass is 223 g/mol. The number of nitrogens with zero attached hydrogens (tertiary/aromatic N) is 1. The van der Waals surface area contributed by atoms with Gasteiger partial charge in [0, 0.05) is 19.1 Å². The van der Waals surface area contributed by atoms with Crippen LogP contribution in [0.25, 0.3) is 0 Å². The largest absolute Gasteiger partial charge is 0.348 e. The minimum Gasteiger partial charge on any atom is -0.348 e. The third-order valence-electron chi connectivity index (χ3n) is 2.95. The average Bonchev–Trinajstić information content (AvgIpc) is 2.98. The van der Waals surface area contributed by atoms with Crippen LogP contribution < -0.4 is 0 Å². The van der Waals surface area contributed by atoms with Crippen LogP contribution >= 0.6 is 11.6 Å². The molecule has 15 heavy (non-hydrogen) atoms. The summed E-state index contributed by atoms with van der Waals surface area (Å²) < 4.78 is 0. The van der Waals surface area contributed by atoms with Crippen molar-refractivity contribution in [3.8, 4) is 0 Å². The molecule has 0 N–H and O–H groups in total. The maximum absolute atomic E-state index is 12.0. The highest BCUT2D eigenvalue weighted by atomic mass is 35.5. The molecule has 80 valence electrons. The van der Waals surface area contributed by atoms with Crippen molar-refractivity contribution in [2.45, 2.75) is 18.3 Å². The van der Waals surface area contributed by atoms with Gasteiger partial charge in [-0.1, -0.05) is 29.8 Å². The van der Waals surface area contributed by atoms with Gasteiger partial charge in [0.1, 0.15) is 0 Å². The quantitative estimate of drug-likeness (QED) is 0.754. The van der Waals surface area contributed by atoms with Gasteiger partial charge in [-0.3, -0.25) is 4.79 Å². The van der Waals surface area contributed by atoms with Gasteiger partial charge in [0.15, 0.2) is 0 Å². The Labute approximate surface area is 94.8 Å². The van der Waals surface area contributed by atoms with Crippen molar-refractivity contribution in [3.05, 3.63) is 34.9 Å². The van der Waals surface area contributed by atoms with Crippen LogP contribution in [0.3, 0.4) is 0 Å². The molecule has 1 aliphatic rings. The number of carbonyl (C=O) groups is 1. The fourth-order valence-corrected chi connectivity index (χ4v) is 2.32. The highest BCUT2D eigenvalue weighted by molar-refractivity contribution is 6.31. The normalized spacial score (nSPS) is 17.3. The van der Waals surface area contributed by atoms with Crippen LogP contribution in [-0.4, -0.2) is 24.9 Å². The molecule has 2 rings (SSSR count). The van der Waals surface area contributed by atoms with Gasteiger partial charge in [0.05, 0.1) is 5.41 Å². The minimum absolute atomic E-state index is 0.163. The van der Waals surface area contributed by atoms with E-state index in [0.29, 0.717) is 5.02 Å². The van der Waals surface area contributed by atoms with Gasteiger partial charge in [0.2, 0.25) is 5.91 Å². The second-order valence-electron chi connectivity index (χ2n) is 4.26. The lowest BCUT2D eigenvalue weighted by molar-refractivity contribution is -0.131. The Bertz CT molecular complexity index is 396. The van der Waals surface area contributed by atoms with Crippen molar-refractivity contribution in [1.82, 2.24) is 4.90 Å². The predicted octanol–water partition coefficient (Wildman–Crippen LogP) is 2.46. The van der Waals surface area contributed by atoms with Crippen LogP contribution in [0.5, 0.6) is 0 Å². The smallest absolute Gasteiger partial charge is 0.232 e. The number of amides is 1. The molecule has 0 spiro atoms. The van der Waals surface area contributed by atoms with E-state index < -0.39 is 0 Å². The lowest BCUT2D eigenvalue weighted by atomic mass is 9.94. The van der Waals surface area contributed by atoms with Crippen LogP contribution in [0, 0.1) is 0 Å². The number of carbonyl (C=O) groups excluding carboxylic acids is 1. The summed E-state index contributed by atoms with van der Waals surface area (Å²) in [5, 5.41) is 0.699. The lowest BCUT2D eigenvalue weighted by Gasteiger charge is -2.20. The van der Waals surface area contributed by atoms with E-state index in [1.165, 1.54) is 0 Å². The summed E-state index contributed by atoms with van der Waals surface area (Å²) in [6, 6.07) is 7.63.